The molecular formula is C24H25N3O4. The van der Waals surface area contributed by atoms with Gasteiger partial charge in [-0.1, -0.05) is 48.0 Å². The number of aryl methyl sites for hydroxylation is 1. The van der Waals surface area contributed by atoms with E-state index in [2.05, 4.69) is 5.32 Å². The van der Waals surface area contributed by atoms with Gasteiger partial charge in [-0.15, -0.1) is 0 Å². The van der Waals surface area contributed by atoms with Crippen molar-refractivity contribution in [3.8, 4) is 16.9 Å². The van der Waals surface area contributed by atoms with Gasteiger partial charge in [0.25, 0.3) is 5.91 Å². The Morgan fingerprint density at radius 1 is 1.10 bits per heavy atom. The number of ether oxygens (including phenoxy) is 2. The van der Waals surface area contributed by atoms with E-state index in [1.165, 1.54) is 6.08 Å². The number of hydrogen-bond donors (Lipinski definition) is 1. The highest BCUT2D eigenvalue weighted by Gasteiger charge is 2.11. The summed E-state index contributed by atoms with van der Waals surface area (Å²) in [6.07, 6.45) is 4.80. The lowest BCUT2D eigenvalue weighted by molar-refractivity contribution is -0.143. The minimum Gasteiger partial charge on any atom is -0.452 e. The van der Waals surface area contributed by atoms with Crippen molar-refractivity contribution >= 4 is 18.0 Å². The molecule has 7 nitrogen and oxygen atoms in total. The summed E-state index contributed by atoms with van der Waals surface area (Å²) in [6, 6.07) is 17.7. The number of esters is 1. The number of para-hydroxylation sites is 1. The van der Waals surface area contributed by atoms with E-state index in [1.54, 1.807) is 17.9 Å². The Labute approximate surface area is 181 Å². The van der Waals surface area contributed by atoms with Crippen LogP contribution in [0, 0.1) is 6.92 Å². The first-order chi connectivity index (χ1) is 15.1. The molecule has 31 heavy (non-hydrogen) atoms. The Balaban J connectivity index is 1.76. The summed E-state index contributed by atoms with van der Waals surface area (Å²) in [6.45, 7) is 2.43. The van der Waals surface area contributed by atoms with E-state index >= 15 is 0 Å². The van der Waals surface area contributed by atoms with Crippen LogP contribution >= 0.6 is 0 Å². The van der Waals surface area contributed by atoms with Crippen molar-refractivity contribution in [2.75, 3.05) is 26.9 Å². The summed E-state index contributed by atoms with van der Waals surface area (Å²) in [5, 5.41) is 7.30. The van der Waals surface area contributed by atoms with Crippen LogP contribution in [0.2, 0.25) is 0 Å². The minimum atomic E-state index is -0.607. The van der Waals surface area contributed by atoms with E-state index < -0.39 is 5.97 Å². The van der Waals surface area contributed by atoms with Crippen LogP contribution in [0.25, 0.3) is 23.0 Å². The van der Waals surface area contributed by atoms with Gasteiger partial charge in [-0.3, -0.25) is 4.79 Å². The lowest BCUT2D eigenvalue weighted by Crippen LogP contribution is -2.31. The zero-order chi connectivity index (χ0) is 22.1. The summed E-state index contributed by atoms with van der Waals surface area (Å²) in [5.41, 5.74) is 4.49. The lowest BCUT2D eigenvalue weighted by Gasteiger charge is -2.04. The summed E-state index contributed by atoms with van der Waals surface area (Å²) >= 11 is 0. The molecule has 1 heterocycles. The second kappa shape index (κ2) is 10.9. The number of rotatable bonds is 9. The molecule has 3 aromatic rings. The van der Waals surface area contributed by atoms with Crippen molar-refractivity contribution in [1.29, 1.82) is 0 Å². The van der Waals surface area contributed by atoms with E-state index in [-0.39, 0.29) is 12.5 Å². The molecule has 0 aliphatic carbocycles. The van der Waals surface area contributed by atoms with Gasteiger partial charge >= 0.3 is 5.97 Å². The molecular weight excluding hydrogens is 394 g/mol. The van der Waals surface area contributed by atoms with Gasteiger partial charge in [0.2, 0.25) is 0 Å². The third kappa shape index (κ3) is 6.38. The van der Waals surface area contributed by atoms with Crippen molar-refractivity contribution in [1.82, 2.24) is 15.1 Å². The predicted molar refractivity (Wildman–Crippen MR) is 119 cm³/mol. The fourth-order valence-electron chi connectivity index (χ4n) is 2.84. The molecule has 0 aliphatic rings. The van der Waals surface area contributed by atoms with Crippen molar-refractivity contribution in [2.24, 2.45) is 0 Å². The number of carbonyl (C=O) groups is 2. The molecule has 0 radical (unpaired) electrons. The van der Waals surface area contributed by atoms with Gasteiger partial charge in [0.05, 0.1) is 18.0 Å². The molecule has 2 aromatic carbocycles. The quantitative estimate of drug-likeness (QED) is 0.327. The molecule has 0 saturated carbocycles. The van der Waals surface area contributed by atoms with Crippen molar-refractivity contribution < 1.29 is 19.1 Å². The van der Waals surface area contributed by atoms with Crippen LogP contribution in [0.1, 0.15) is 11.1 Å². The summed E-state index contributed by atoms with van der Waals surface area (Å²) in [4.78, 5) is 23.7. The number of methoxy groups -OCH3 is 1. The van der Waals surface area contributed by atoms with Gasteiger partial charge in [-0.25, -0.2) is 9.48 Å². The number of amides is 1. The first kappa shape index (κ1) is 22.0. The van der Waals surface area contributed by atoms with Crippen LogP contribution in [0.4, 0.5) is 0 Å². The average molecular weight is 419 g/mol. The smallest absolute Gasteiger partial charge is 0.331 e. The SMILES string of the molecule is COCCNC(=O)COC(=O)/C=C/c1cn(-c2ccccc2)nc1-c1ccc(C)cc1. The maximum absolute atomic E-state index is 12.1. The standard InChI is InChI=1S/C24H25N3O4/c1-18-8-10-19(11-9-18)24-20(16-27(26-24)21-6-4-3-5-7-21)12-13-23(29)31-17-22(28)25-14-15-30-2/h3-13,16H,14-15,17H2,1-2H3,(H,25,28)/b13-12+. The van der Waals surface area contributed by atoms with E-state index in [1.807, 2.05) is 67.7 Å². The molecule has 7 heteroatoms. The highest BCUT2D eigenvalue weighted by Crippen LogP contribution is 2.25. The molecule has 1 N–H and O–H groups in total. The number of carbonyl (C=O) groups excluding carboxylic acids is 2. The Bertz CT molecular complexity index is 1040. The second-order valence-electron chi connectivity index (χ2n) is 6.86. The Morgan fingerprint density at radius 3 is 2.55 bits per heavy atom. The normalized spacial score (nSPS) is 10.9. The van der Waals surface area contributed by atoms with Gasteiger partial charge in [-0.05, 0) is 25.1 Å². The average Bonchev–Trinajstić information content (AvgIpc) is 3.22. The summed E-state index contributed by atoms with van der Waals surface area (Å²) < 4.78 is 11.6. The fourth-order valence-corrected chi connectivity index (χ4v) is 2.84. The molecule has 3 rings (SSSR count). The highest BCUT2D eigenvalue weighted by molar-refractivity contribution is 5.90. The van der Waals surface area contributed by atoms with E-state index in [9.17, 15) is 9.59 Å². The van der Waals surface area contributed by atoms with Crippen molar-refractivity contribution in [2.45, 2.75) is 6.92 Å². The third-order valence-electron chi connectivity index (χ3n) is 4.46. The predicted octanol–water partition coefficient (Wildman–Crippen LogP) is 3.17. The monoisotopic (exact) mass is 419 g/mol. The van der Waals surface area contributed by atoms with Crippen LogP contribution in [0.5, 0.6) is 0 Å². The Hall–Kier alpha value is -3.71. The number of hydrogen-bond acceptors (Lipinski definition) is 5. The van der Waals surface area contributed by atoms with Gasteiger partial charge in [0.15, 0.2) is 6.61 Å². The van der Waals surface area contributed by atoms with E-state index in [4.69, 9.17) is 14.6 Å². The zero-order valence-electron chi connectivity index (χ0n) is 17.6. The lowest BCUT2D eigenvalue weighted by atomic mass is 10.1. The molecule has 1 amide bonds. The molecule has 0 saturated heterocycles. The van der Waals surface area contributed by atoms with Crippen LogP contribution in [0.15, 0.2) is 66.9 Å². The van der Waals surface area contributed by atoms with Gasteiger partial charge < -0.3 is 14.8 Å². The maximum atomic E-state index is 12.1. The first-order valence-electron chi connectivity index (χ1n) is 9.89. The highest BCUT2D eigenvalue weighted by atomic mass is 16.5. The van der Waals surface area contributed by atoms with Crippen LogP contribution in [0.3, 0.4) is 0 Å². The summed E-state index contributed by atoms with van der Waals surface area (Å²) in [5.74, 6) is -0.986. The van der Waals surface area contributed by atoms with Crippen molar-refractivity contribution in [3.05, 3.63) is 78.0 Å². The van der Waals surface area contributed by atoms with Crippen LogP contribution in [-0.2, 0) is 19.1 Å². The summed E-state index contributed by atoms with van der Waals surface area (Å²) in [7, 11) is 1.54. The maximum Gasteiger partial charge on any atom is 0.331 e. The molecule has 0 aliphatic heterocycles. The van der Waals surface area contributed by atoms with Crippen molar-refractivity contribution in [3.63, 3.8) is 0 Å². The molecule has 0 spiro atoms. The molecule has 1 aromatic heterocycles. The number of nitrogens with zero attached hydrogens (tertiary/aromatic N) is 2. The number of nitrogens with one attached hydrogen (secondary N) is 1. The fraction of sp³-hybridized carbons (Fsp3) is 0.208. The number of benzene rings is 2. The molecule has 0 fully saturated rings. The Morgan fingerprint density at radius 2 is 1.84 bits per heavy atom. The molecule has 0 atom stereocenters. The molecule has 0 unspecified atom stereocenters. The van der Waals surface area contributed by atoms with E-state index in [0.29, 0.717) is 13.2 Å². The third-order valence-corrected chi connectivity index (χ3v) is 4.46. The topological polar surface area (TPSA) is 82.5 Å². The van der Waals surface area contributed by atoms with Crippen LogP contribution in [-0.4, -0.2) is 48.5 Å². The number of aromatic nitrogens is 2. The van der Waals surface area contributed by atoms with Gasteiger partial charge in [0.1, 0.15) is 0 Å². The van der Waals surface area contributed by atoms with E-state index in [0.717, 1.165) is 28.1 Å². The van der Waals surface area contributed by atoms with Gasteiger partial charge in [0, 0.05) is 37.1 Å². The molecule has 160 valence electrons. The second-order valence-corrected chi connectivity index (χ2v) is 6.86. The minimum absolute atomic E-state index is 0.346. The Kier molecular flexibility index (Phi) is 7.73. The zero-order valence-corrected chi connectivity index (χ0v) is 17.6. The van der Waals surface area contributed by atoms with Gasteiger partial charge in [-0.2, -0.15) is 5.10 Å². The van der Waals surface area contributed by atoms with Crippen LogP contribution < -0.4 is 5.32 Å². The largest absolute Gasteiger partial charge is 0.452 e. The molecule has 0 bridgehead atoms. The first-order valence-corrected chi connectivity index (χ1v) is 9.89.